The summed E-state index contributed by atoms with van der Waals surface area (Å²) >= 11 is 0. The van der Waals surface area contributed by atoms with E-state index < -0.39 is 0 Å². The molecule has 0 spiro atoms. The van der Waals surface area contributed by atoms with Crippen molar-refractivity contribution in [2.24, 2.45) is 0 Å². The number of hydrogen-bond acceptors (Lipinski definition) is 2. The average molecular weight is 165 g/mol. The molecule has 0 aromatic carbocycles. The predicted octanol–water partition coefficient (Wildman–Crippen LogP) is 2.49. The lowest BCUT2D eigenvalue weighted by Gasteiger charge is -2.14. The van der Waals surface area contributed by atoms with Crippen LogP contribution in [0.3, 0.4) is 0 Å². The van der Waals surface area contributed by atoms with Gasteiger partial charge in [0, 0.05) is 7.11 Å². The van der Waals surface area contributed by atoms with E-state index in [9.17, 15) is 5.11 Å². The number of allylic oxidation sites excluding steroid dienone is 2. The average Bonchev–Trinajstić information content (AvgIpc) is 2.44. The summed E-state index contributed by atoms with van der Waals surface area (Å²) in [7, 11) is 1.60. The van der Waals surface area contributed by atoms with Gasteiger partial charge in [-0.3, -0.25) is 0 Å². The fourth-order valence-corrected chi connectivity index (χ4v) is 1.89. The van der Waals surface area contributed by atoms with Crippen LogP contribution in [0.25, 0.3) is 0 Å². The monoisotopic (exact) mass is 165 g/mol. The fraction of sp³-hybridized carbons (Fsp3) is 0.500. The maximum Gasteiger partial charge on any atom is 0.183 e. The maximum atomic E-state index is 9.65. The Bertz CT molecular complexity index is 248. The standard InChI is InChI=1S/C10H13O2/c1-12-9-6-7-4-2-3-5-8(7)10(9)11/h6,11H,2-5H2,1H3. The second-order valence-corrected chi connectivity index (χ2v) is 3.27. The second-order valence-electron chi connectivity index (χ2n) is 3.27. The molecule has 2 heteroatoms. The van der Waals surface area contributed by atoms with E-state index in [1.807, 2.05) is 6.08 Å². The Balaban J connectivity index is 2.28. The molecule has 12 heavy (non-hydrogen) atoms. The van der Waals surface area contributed by atoms with Gasteiger partial charge in [-0.15, -0.1) is 0 Å². The van der Waals surface area contributed by atoms with E-state index in [1.165, 1.54) is 18.4 Å². The molecule has 0 aliphatic heterocycles. The Morgan fingerprint density at radius 3 is 2.75 bits per heavy atom. The number of ether oxygens (including phenoxy) is 1. The minimum absolute atomic E-state index is 0.368. The molecular weight excluding hydrogens is 152 g/mol. The van der Waals surface area contributed by atoms with Crippen molar-refractivity contribution in [3.8, 4) is 0 Å². The third-order valence-electron chi connectivity index (χ3n) is 2.55. The highest BCUT2D eigenvalue weighted by molar-refractivity contribution is 5.50. The minimum atomic E-state index is 0.368. The topological polar surface area (TPSA) is 29.5 Å². The van der Waals surface area contributed by atoms with Crippen molar-refractivity contribution in [2.45, 2.75) is 25.7 Å². The zero-order valence-electron chi connectivity index (χ0n) is 7.26. The van der Waals surface area contributed by atoms with E-state index >= 15 is 0 Å². The third kappa shape index (κ3) is 1.07. The molecule has 65 valence electrons. The molecule has 0 heterocycles. The van der Waals surface area contributed by atoms with Crippen LogP contribution in [-0.4, -0.2) is 12.2 Å². The van der Waals surface area contributed by atoms with Gasteiger partial charge in [0.2, 0.25) is 0 Å². The van der Waals surface area contributed by atoms with Crippen LogP contribution in [0.2, 0.25) is 0 Å². The molecule has 0 amide bonds. The van der Waals surface area contributed by atoms with Gasteiger partial charge in [-0.25, -0.2) is 0 Å². The molecular formula is C10H13O2. The molecule has 1 radical (unpaired) electrons. The molecule has 0 aromatic rings. The number of aliphatic hydroxyl groups excluding tert-OH is 1. The van der Waals surface area contributed by atoms with E-state index in [0.29, 0.717) is 11.9 Å². The zero-order valence-corrected chi connectivity index (χ0v) is 7.26. The summed E-state index contributed by atoms with van der Waals surface area (Å²) in [4.78, 5) is 0. The second kappa shape index (κ2) is 2.94. The third-order valence-corrected chi connectivity index (χ3v) is 2.55. The first kappa shape index (κ1) is 7.87. The molecule has 1 fully saturated rings. The molecule has 2 aliphatic carbocycles. The van der Waals surface area contributed by atoms with Crippen LogP contribution in [0.15, 0.2) is 23.0 Å². The molecule has 2 aliphatic rings. The molecule has 1 N–H and O–H groups in total. The fourth-order valence-electron chi connectivity index (χ4n) is 1.89. The predicted molar refractivity (Wildman–Crippen MR) is 46.5 cm³/mol. The van der Waals surface area contributed by atoms with Gasteiger partial charge >= 0.3 is 0 Å². The first-order valence-electron chi connectivity index (χ1n) is 4.37. The van der Waals surface area contributed by atoms with Gasteiger partial charge in [-0.2, -0.15) is 0 Å². The molecule has 2 rings (SSSR count). The normalized spacial score (nSPS) is 24.2. The SMILES string of the molecule is CO[C]1C=C2CCCCC2=C1O. The molecule has 2 nitrogen and oxygen atoms in total. The number of methoxy groups -OCH3 is 1. The lowest BCUT2D eigenvalue weighted by molar-refractivity contribution is 0.208. The lowest BCUT2D eigenvalue weighted by Crippen LogP contribution is -2.00. The largest absolute Gasteiger partial charge is 0.508 e. The van der Waals surface area contributed by atoms with E-state index in [4.69, 9.17) is 4.74 Å². The summed E-state index contributed by atoms with van der Waals surface area (Å²) in [5.41, 5.74) is 2.38. The van der Waals surface area contributed by atoms with Crippen LogP contribution < -0.4 is 0 Å². The highest BCUT2D eigenvalue weighted by Gasteiger charge is 2.28. The van der Waals surface area contributed by atoms with Crippen LogP contribution in [0.5, 0.6) is 0 Å². The van der Waals surface area contributed by atoms with Gasteiger partial charge in [-0.05, 0) is 42.9 Å². The number of aliphatic hydroxyl groups is 1. The van der Waals surface area contributed by atoms with Gasteiger partial charge in [0.05, 0.1) is 0 Å². The van der Waals surface area contributed by atoms with Crippen LogP contribution in [0, 0.1) is 6.10 Å². The van der Waals surface area contributed by atoms with Crippen molar-refractivity contribution in [3.05, 3.63) is 29.1 Å². The van der Waals surface area contributed by atoms with Crippen LogP contribution >= 0.6 is 0 Å². The Labute approximate surface area is 72.5 Å². The Morgan fingerprint density at radius 2 is 2.08 bits per heavy atom. The van der Waals surface area contributed by atoms with Crippen LogP contribution in [0.1, 0.15) is 25.7 Å². The van der Waals surface area contributed by atoms with Crippen molar-refractivity contribution in [2.75, 3.05) is 7.11 Å². The maximum absolute atomic E-state index is 9.65. The molecule has 1 saturated carbocycles. The first-order valence-corrected chi connectivity index (χ1v) is 4.37. The van der Waals surface area contributed by atoms with Crippen LogP contribution in [-0.2, 0) is 4.74 Å². The highest BCUT2D eigenvalue weighted by atomic mass is 16.5. The van der Waals surface area contributed by atoms with Crippen molar-refractivity contribution in [3.63, 3.8) is 0 Å². The summed E-state index contributed by atoms with van der Waals surface area (Å²) in [5, 5.41) is 9.65. The number of hydrogen-bond donors (Lipinski definition) is 1. The lowest BCUT2D eigenvalue weighted by atomic mass is 9.92. The molecule has 0 unspecified atom stereocenters. The molecule has 0 aromatic heterocycles. The number of fused-ring (bicyclic) bond motifs is 1. The van der Waals surface area contributed by atoms with Gasteiger partial charge in [0.25, 0.3) is 0 Å². The number of rotatable bonds is 1. The van der Waals surface area contributed by atoms with Crippen molar-refractivity contribution < 1.29 is 9.84 Å². The Hall–Kier alpha value is -0.760. The first-order chi connectivity index (χ1) is 5.83. The van der Waals surface area contributed by atoms with Crippen LogP contribution in [0.4, 0.5) is 0 Å². The Kier molecular flexibility index (Phi) is 1.93. The smallest absolute Gasteiger partial charge is 0.183 e. The van der Waals surface area contributed by atoms with Crippen molar-refractivity contribution in [1.29, 1.82) is 0 Å². The summed E-state index contributed by atoms with van der Waals surface area (Å²) in [6.45, 7) is 0. The summed E-state index contributed by atoms with van der Waals surface area (Å²) in [6, 6.07) is 0. The van der Waals surface area contributed by atoms with Crippen molar-refractivity contribution in [1.82, 2.24) is 0 Å². The molecule has 0 bridgehead atoms. The quantitative estimate of drug-likeness (QED) is 0.646. The highest BCUT2D eigenvalue weighted by Crippen LogP contribution is 2.39. The summed E-state index contributed by atoms with van der Waals surface area (Å²) in [6.07, 6.45) is 7.12. The minimum Gasteiger partial charge on any atom is -0.508 e. The Morgan fingerprint density at radius 1 is 1.33 bits per heavy atom. The van der Waals surface area contributed by atoms with Gasteiger partial charge in [-0.1, -0.05) is 0 Å². The molecule has 0 atom stereocenters. The van der Waals surface area contributed by atoms with E-state index in [0.717, 1.165) is 18.4 Å². The van der Waals surface area contributed by atoms with E-state index in [-0.39, 0.29) is 0 Å². The van der Waals surface area contributed by atoms with Gasteiger partial charge in [0.15, 0.2) is 6.10 Å². The summed E-state index contributed by atoms with van der Waals surface area (Å²) < 4.78 is 5.05. The van der Waals surface area contributed by atoms with E-state index in [2.05, 4.69) is 0 Å². The van der Waals surface area contributed by atoms with E-state index in [1.54, 1.807) is 7.11 Å². The summed E-state index contributed by atoms with van der Waals surface area (Å²) in [5.74, 6) is 0.368. The van der Waals surface area contributed by atoms with Crippen molar-refractivity contribution >= 4 is 0 Å². The zero-order chi connectivity index (χ0) is 8.55. The molecule has 0 saturated heterocycles. The van der Waals surface area contributed by atoms with Gasteiger partial charge < -0.3 is 9.84 Å². The van der Waals surface area contributed by atoms with Gasteiger partial charge in [0.1, 0.15) is 5.76 Å².